The Bertz CT molecular complexity index is 2070. The number of nitriles is 4. The molecule has 0 aromatic carbocycles. The van der Waals surface area contributed by atoms with Gasteiger partial charge in [-0.1, -0.05) is 0 Å². The zero-order chi connectivity index (χ0) is 37.7. The molecule has 0 aliphatic rings. The molecule has 270 valence electrons. The molecule has 0 atom stereocenters. The summed E-state index contributed by atoms with van der Waals surface area (Å²) in [6.45, 7) is 9.12. The Kier molecular flexibility index (Phi) is 15.9. The van der Waals surface area contributed by atoms with Crippen molar-refractivity contribution in [2.45, 2.75) is 105 Å². The number of allylic oxidation sites excluding steroid dienone is 2. The van der Waals surface area contributed by atoms with Crippen LogP contribution in [0.4, 0.5) is 0 Å². The monoisotopic (exact) mass is 932 g/mol. The maximum absolute atomic E-state index is 9.37. The van der Waals surface area contributed by atoms with Crippen LogP contribution in [0.2, 0.25) is 0 Å². The van der Waals surface area contributed by atoms with E-state index in [0.717, 1.165) is 60.2 Å². The van der Waals surface area contributed by atoms with Gasteiger partial charge < -0.3 is 0 Å². The molecule has 9 heteroatoms. The Morgan fingerprint density at radius 2 is 0.755 bits per heavy atom. The fraction of sp³-hybridized carbons (Fsp3) is 0.364. The molecule has 4 nitrogen and oxygen atoms in total. The predicted octanol–water partition coefficient (Wildman–Crippen LogP) is 11.9. The molecule has 5 rings (SSSR count). The van der Waals surface area contributed by atoms with Crippen LogP contribution in [0.1, 0.15) is 110 Å². The van der Waals surface area contributed by atoms with Gasteiger partial charge in [-0.3, -0.25) is 0 Å². The van der Waals surface area contributed by atoms with Crippen LogP contribution < -0.4 is 0 Å². The van der Waals surface area contributed by atoms with Gasteiger partial charge in [0.05, 0.1) is 0 Å². The van der Waals surface area contributed by atoms with Crippen LogP contribution in [0.3, 0.4) is 0 Å². The first-order valence-electron chi connectivity index (χ1n) is 18.6. The molecule has 0 aliphatic carbocycles. The first-order valence-corrected chi connectivity index (χ1v) is 25.3. The van der Waals surface area contributed by atoms with E-state index < -0.39 is 0 Å². The minimum absolute atomic E-state index is 0.0603. The quantitative estimate of drug-likeness (QED) is 0.0646. The topological polar surface area (TPSA) is 95.2 Å². The van der Waals surface area contributed by atoms with Gasteiger partial charge in [0.15, 0.2) is 0 Å². The molecule has 0 saturated carbocycles. The van der Waals surface area contributed by atoms with Crippen LogP contribution >= 0.6 is 22.7 Å². The van der Waals surface area contributed by atoms with Crippen LogP contribution in [0.5, 0.6) is 0 Å². The second-order valence-corrected chi connectivity index (χ2v) is 22.0. The number of hydrogen-bond donors (Lipinski definition) is 0. The van der Waals surface area contributed by atoms with Crippen molar-refractivity contribution in [3.63, 3.8) is 0 Å². The van der Waals surface area contributed by atoms with Crippen molar-refractivity contribution in [2.75, 3.05) is 0 Å². The first kappa shape index (κ1) is 41.0. The first-order chi connectivity index (χ1) is 25.9. The molecule has 0 fully saturated rings. The average Bonchev–Trinajstić information content (AvgIpc) is 4.02. The molecule has 0 aliphatic heterocycles. The van der Waals surface area contributed by atoms with E-state index >= 15 is 0 Å². The zero-order valence-electron chi connectivity index (χ0n) is 30.9. The molecular weight excluding hydrogens is 886 g/mol. The van der Waals surface area contributed by atoms with E-state index in [4.69, 9.17) is 0 Å². The third-order valence-electron chi connectivity index (χ3n) is 9.16. The Morgan fingerprint density at radius 1 is 0.472 bits per heavy atom. The van der Waals surface area contributed by atoms with Gasteiger partial charge in [0.1, 0.15) is 0 Å². The van der Waals surface area contributed by atoms with Gasteiger partial charge in [0.2, 0.25) is 0 Å². The molecule has 5 aromatic heterocycles. The summed E-state index contributed by atoms with van der Waals surface area (Å²) in [6.07, 6.45) is 17.2. The van der Waals surface area contributed by atoms with Gasteiger partial charge in [-0.05, 0) is 0 Å². The Morgan fingerprint density at radius 3 is 1.04 bits per heavy atom. The van der Waals surface area contributed by atoms with Crippen molar-refractivity contribution in [3.05, 3.63) is 78.7 Å². The van der Waals surface area contributed by atoms with Crippen molar-refractivity contribution in [1.82, 2.24) is 0 Å². The maximum atomic E-state index is 9.37. The fourth-order valence-electron chi connectivity index (χ4n) is 6.42. The molecular formula is C44H44N4S2Se3. The summed E-state index contributed by atoms with van der Waals surface area (Å²) >= 11 is 4.29. The van der Waals surface area contributed by atoms with Crippen LogP contribution in [-0.2, 0) is 25.7 Å². The Hall–Kier alpha value is -3.16. The second kappa shape index (κ2) is 20.5. The second-order valence-electron chi connectivity index (χ2n) is 13.0. The average molecular weight is 930 g/mol. The number of nitrogens with zero attached hydrogens (tertiary/aromatic N) is 4. The van der Waals surface area contributed by atoms with Gasteiger partial charge in [-0.2, -0.15) is 0 Å². The molecule has 0 bridgehead atoms. The van der Waals surface area contributed by atoms with Gasteiger partial charge in [-0.25, -0.2) is 0 Å². The molecule has 0 unspecified atom stereocenters. The number of thiophene rings is 2. The van der Waals surface area contributed by atoms with E-state index in [-0.39, 0.29) is 54.7 Å². The Labute approximate surface area is 341 Å². The van der Waals surface area contributed by atoms with E-state index in [1.54, 1.807) is 23.3 Å². The summed E-state index contributed by atoms with van der Waals surface area (Å²) in [7, 11) is 0. The Balaban J connectivity index is 1.64. The van der Waals surface area contributed by atoms with Gasteiger partial charge in [0, 0.05) is 0 Å². The molecule has 0 spiro atoms. The number of rotatable bonds is 18. The van der Waals surface area contributed by atoms with E-state index in [9.17, 15) is 21.0 Å². The summed E-state index contributed by atoms with van der Waals surface area (Å²) in [4.78, 5) is 5.81. The summed E-state index contributed by atoms with van der Waals surface area (Å²) in [5.41, 5.74) is 6.52. The molecule has 0 N–H and O–H groups in total. The van der Waals surface area contributed by atoms with E-state index in [1.165, 1.54) is 74.1 Å². The van der Waals surface area contributed by atoms with Crippen molar-refractivity contribution in [1.29, 1.82) is 21.0 Å². The minimum atomic E-state index is 0.0603. The van der Waals surface area contributed by atoms with Gasteiger partial charge in [0.25, 0.3) is 0 Å². The predicted molar refractivity (Wildman–Crippen MR) is 228 cm³/mol. The summed E-state index contributed by atoms with van der Waals surface area (Å²) < 4.78 is 7.90. The summed E-state index contributed by atoms with van der Waals surface area (Å²) in [6, 6.07) is 21.7. The molecule has 0 radical (unpaired) electrons. The zero-order valence-corrected chi connectivity index (χ0v) is 37.7. The molecule has 5 heterocycles. The van der Waals surface area contributed by atoms with E-state index in [1.807, 2.05) is 47.0 Å². The molecule has 0 saturated heterocycles. The van der Waals surface area contributed by atoms with Crippen LogP contribution in [0.15, 0.2) is 47.5 Å². The molecule has 0 amide bonds. The van der Waals surface area contributed by atoms with Crippen molar-refractivity contribution >= 4 is 78.3 Å². The van der Waals surface area contributed by atoms with Gasteiger partial charge >= 0.3 is 344 Å². The normalized spacial score (nSPS) is 10.7. The fourth-order valence-corrected chi connectivity index (χ4v) is 16.6. The molecule has 5 aromatic rings. The van der Waals surface area contributed by atoms with Crippen molar-refractivity contribution in [3.8, 4) is 61.5 Å². The van der Waals surface area contributed by atoms with Crippen molar-refractivity contribution in [2.24, 2.45) is 0 Å². The summed E-state index contributed by atoms with van der Waals surface area (Å²) in [5, 5.41) is 37.5. The molecule has 53 heavy (non-hydrogen) atoms. The number of unbranched alkanes of at least 4 members (excludes halogenated alkanes) is 4. The number of hydrogen-bond acceptors (Lipinski definition) is 6. The summed E-state index contributed by atoms with van der Waals surface area (Å²) in [5.74, 6) is 0. The van der Waals surface area contributed by atoms with Crippen LogP contribution in [0.25, 0.3) is 49.4 Å². The van der Waals surface area contributed by atoms with E-state index in [0.29, 0.717) is 0 Å². The van der Waals surface area contributed by atoms with Crippen molar-refractivity contribution < 1.29 is 0 Å². The van der Waals surface area contributed by atoms with Crippen LogP contribution in [0, 0.1) is 45.3 Å². The standard InChI is InChI=1S/C44H44N4S2Se3/c1-5-9-13-33-35(15-11-7-3)43(49-41(33)37-19-17-31(51-37)23-29(25-45)26-46)39-21-22-40(53-39)44-36(16-12-8-4)34(14-10-6-2)42(50-44)38-20-18-32(52-38)24-30(27-47)28-48/h17-24H,5-16H2,1-4H3. The third-order valence-corrected chi connectivity index (χ3v) is 19.8. The third kappa shape index (κ3) is 9.94. The van der Waals surface area contributed by atoms with E-state index in [2.05, 4.69) is 64.1 Å². The SMILES string of the molecule is CCCCc1c(-c2ccc(C=C(C#N)C#N)[se]2)sc(-c2ccc(-c3sc(-c4ccc(C=C(C#N)C#N)[se]4)c(CCCC)c3CCCC)[se]2)c1CCCC. The van der Waals surface area contributed by atoms with Gasteiger partial charge in [-0.15, -0.1) is 0 Å². The van der Waals surface area contributed by atoms with Crippen LogP contribution in [-0.4, -0.2) is 43.5 Å².